The van der Waals surface area contributed by atoms with Gasteiger partial charge in [-0.2, -0.15) is 0 Å². The van der Waals surface area contributed by atoms with Crippen molar-refractivity contribution >= 4 is 17.3 Å². The van der Waals surface area contributed by atoms with E-state index in [2.05, 4.69) is 34.0 Å². The third kappa shape index (κ3) is 2.49. The topological polar surface area (TPSA) is 67.1 Å². The highest BCUT2D eigenvalue weighted by atomic mass is 15.2. The third-order valence-electron chi connectivity index (χ3n) is 2.27. The molecule has 1 heterocycles. The van der Waals surface area contributed by atoms with Crippen LogP contribution < -0.4 is 16.0 Å². The molecule has 0 spiro atoms. The average molecular weight is 209 g/mol. The molecule has 0 bridgehead atoms. The van der Waals surface area contributed by atoms with Crippen molar-refractivity contribution in [2.45, 2.75) is 20.8 Å². The molecule has 0 aliphatic heterocycles. The van der Waals surface area contributed by atoms with E-state index in [-0.39, 0.29) is 0 Å². The third-order valence-corrected chi connectivity index (χ3v) is 2.27. The van der Waals surface area contributed by atoms with E-state index >= 15 is 0 Å². The van der Waals surface area contributed by atoms with E-state index in [1.54, 1.807) is 6.33 Å². The van der Waals surface area contributed by atoms with Crippen LogP contribution in [0, 0.1) is 0 Å². The Morgan fingerprint density at radius 2 is 1.93 bits per heavy atom. The van der Waals surface area contributed by atoms with Crippen LogP contribution in [0.5, 0.6) is 0 Å². The van der Waals surface area contributed by atoms with Crippen LogP contribution in [0.4, 0.5) is 17.3 Å². The summed E-state index contributed by atoms with van der Waals surface area (Å²) >= 11 is 0. The lowest BCUT2D eigenvalue weighted by Crippen LogP contribution is -2.24. The van der Waals surface area contributed by atoms with Gasteiger partial charge in [-0.3, -0.25) is 0 Å². The summed E-state index contributed by atoms with van der Waals surface area (Å²) in [6, 6.07) is 0. The largest absolute Gasteiger partial charge is 0.393 e. The summed E-state index contributed by atoms with van der Waals surface area (Å²) in [6.07, 6.45) is 1.54. The first-order chi connectivity index (χ1) is 7.24. The van der Waals surface area contributed by atoms with Crippen LogP contribution in [0.3, 0.4) is 0 Å². The fourth-order valence-corrected chi connectivity index (χ4v) is 1.47. The van der Waals surface area contributed by atoms with Gasteiger partial charge in [-0.1, -0.05) is 0 Å². The first-order valence-electron chi connectivity index (χ1n) is 5.33. The molecule has 1 rings (SSSR count). The molecule has 0 aliphatic rings. The fraction of sp³-hybridized carbons (Fsp3) is 0.600. The van der Waals surface area contributed by atoms with E-state index in [9.17, 15) is 0 Å². The predicted molar refractivity (Wildman–Crippen MR) is 64.2 cm³/mol. The SMILES string of the molecule is CCNc1ncnc(N(CC)CC)c1N. The van der Waals surface area contributed by atoms with Gasteiger partial charge in [0.1, 0.15) is 12.0 Å². The molecular formula is C10H19N5. The van der Waals surface area contributed by atoms with Gasteiger partial charge in [-0.25, -0.2) is 9.97 Å². The minimum absolute atomic E-state index is 0.628. The molecule has 1 aromatic rings. The Balaban J connectivity index is 3.02. The molecular weight excluding hydrogens is 190 g/mol. The van der Waals surface area contributed by atoms with Gasteiger partial charge < -0.3 is 16.0 Å². The van der Waals surface area contributed by atoms with Crippen molar-refractivity contribution in [2.24, 2.45) is 0 Å². The van der Waals surface area contributed by atoms with Crippen molar-refractivity contribution in [1.82, 2.24) is 9.97 Å². The summed E-state index contributed by atoms with van der Waals surface area (Å²) < 4.78 is 0. The lowest BCUT2D eigenvalue weighted by Gasteiger charge is -2.22. The number of rotatable bonds is 5. The number of nitrogens with two attached hydrogens (primary N) is 1. The Morgan fingerprint density at radius 1 is 1.27 bits per heavy atom. The van der Waals surface area contributed by atoms with E-state index in [1.165, 1.54) is 0 Å². The second-order valence-corrected chi connectivity index (χ2v) is 3.16. The monoisotopic (exact) mass is 209 g/mol. The minimum atomic E-state index is 0.628. The van der Waals surface area contributed by atoms with Crippen LogP contribution >= 0.6 is 0 Å². The van der Waals surface area contributed by atoms with E-state index in [0.29, 0.717) is 5.69 Å². The standard InChI is InChI=1S/C10H19N5/c1-4-12-9-8(11)10(14-7-13-9)15(5-2)6-3/h7H,4-6,11H2,1-3H3,(H,12,13,14). The number of anilines is 3. The smallest absolute Gasteiger partial charge is 0.157 e. The lowest BCUT2D eigenvalue weighted by atomic mass is 10.3. The maximum Gasteiger partial charge on any atom is 0.157 e. The number of hydrogen-bond donors (Lipinski definition) is 2. The Kier molecular flexibility index (Phi) is 4.15. The number of hydrogen-bond acceptors (Lipinski definition) is 5. The van der Waals surface area contributed by atoms with Crippen molar-refractivity contribution in [3.05, 3.63) is 6.33 Å². The number of aromatic nitrogens is 2. The molecule has 3 N–H and O–H groups in total. The van der Waals surface area contributed by atoms with Crippen LogP contribution in [0.1, 0.15) is 20.8 Å². The fourth-order valence-electron chi connectivity index (χ4n) is 1.47. The minimum Gasteiger partial charge on any atom is -0.393 e. The van der Waals surface area contributed by atoms with Gasteiger partial charge in [0, 0.05) is 19.6 Å². The molecule has 5 heteroatoms. The average Bonchev–Trinajstić information content (AvgIpc) is 2.25. The predicted octanol–water partition coefficient (Wildman–Crippen LogP) is 1.34. The molecule has 0 atom stereocenters. The van der Waals surface area contributed by atoms with Crippen molar-refractivity contribution < 1.29 is 0 Å². The number of nitrogen functional groups attached to an aromatic ring is 1. The van der Waals surface area contributed by atoms with Crippen LogP contribution in [0.25, 0.3) is 0 Å². The van der Waals surface area contributed by atoms with Crippen LogP contribution in [0.15, 0.2) is 6.33 Å². The van der Waals surface area contributed by atoms with Gasteiger partial charge in [-0.05, 0) is 20.8 Å². The van der Waals surface area contributed by atoms with Crippen LogP contribution in [-0.2, 0) is 0 Å². The number of nitrogens with one attached hydrogen (secondary N) is 1. The molecule has 84 valence electrons. The van der Waals surface area contributed by atoms with E-state index in [0.717, 1.165) is 31.3 Å². The zero-order valence-electron chi connectivity index (χ0n) is 9.62. The Labute approximate surface area is 90.7 Å². The summed E-state index contributed by atoms with van der Waals surface area (Å²) in [5.41, 5.74) is 6.62. The molecule has 15 heavy (non-hydrogen) atoms. The first kappa shape index (κ1) is 11.6. The van der Waals surface area contributed by atoms with Gasteiger partial charge >= 0.3 is 0 Å². The van der Waals surface area contributed by atoms with E-state index < -0.39 is 0 Å². The molecule has 0 unspecified atom stereocenters. The Hall–Kier alpha value is -1.52. The van der Waals surface area contributed by atoms with Gasteiger partial charge in [0.2, 0.25) is 0 Å². The Bertz CT molecular complexity index is 309. The molecule has 0 saturated carbocycles. The van der Waals surface area contributed by atoms with Gasteiger partial charge in [0.15, 0.2) is 11.6 Å². The quantitative estimate of drug-likeness (QED) is 0.766. The molecule has 0 saturated heterocycles. The molecule has 1 aromatic heterocycles. The zero-order chi connectivity index (χ0) is 11.3. The summed E-state index contributed by atoms with van der Waals surface area (Å²) in [5.74, 6) is 1.53. The molecule has 0 aromatic carbocycles. The van der Waals surface area contributed by atoms with Crippen LogP contribution in [-0.4, -0.2) is 29.6 Å². The lowest BCUT2D eigenvalue weighted by molar-refractivity contribution is 0.843. The van der Waals surface area contributed by atoms with Gasteiger partial charge in [0.25, 0.3) is 0 Å². The maximum atomic E-state index is 5.99. The maximum absolute atomic E-state index is 5.99. The molecule has 5 nitrogen and oxygen atoms in total. The van der Waals surface area contributed by atoms with Crippen molar-refractivity contribution in [3.63, 3.8) is 0 Å². The molecule has 0 radical (unpaired) electrons. The highest BCUT2D eigenvalue weighted by molar-refractivity contribution is 5.74. The van der Waals surface area contributed by atoms with E-state index in [4.69, 9.17) is 5.73 Å². The Morgan fingerprint density at radius 3 is 2.47 bits per heavy atom. The molecule has 0 fully saturated rings. The number of nitrogens with zero attached hydrogens (tertiary/aromatic N) is 3. The molecule has 0 amide bonds. The van der Waals surface area contributed by atoms with Gasteiger partial charge in [-0.15, -0.1) is 0 Å². The summed E-state index contributed by atoms with van der Waals surface area (Å²) in [7, 11) is 0. The zero-order valence-corrected chi connectivity index (χ0v) is 9.62. The highest BCUT2D eigenvalue weighted by Gasteiger charge is 2.11. The van der Waals surface area contributed by atoms with Crippen molar-refractivity contribution in [3.8, 4) is 0 Å². The van der Waals surface area contributed by atoms with E-state index in [1.807, 2.05) is 6.92 Å². The second-order valence-electron chi connectivity index (χ2n) is 3.16. The summed E-state index contributed by atoms with van der Waals surface area (Å²) in [4.78, 5) is 10.4. The normalized spacial score (nSPS) is 10.1. The van der Waals surface area contributed by atoms with Crippen LogP contribution in [0.2, 0.25) is 0 Å². The first-order valence-corrected chi connectivity index (χ1v) is 5.33. The van der Waals surface area contributed by atoms with Gasteiger partial charge in [0.05, 0.1) is 0 Å². The highest BCUT2D eigenvalue weighted by Crippen LogP contribution is 2.25. The summed E-state index contributed by atoms with van der Waals surface area (Å²) in [6.45, 7) is 8.76. The van der Waals surface area contributed by atoms with Crippen molar-refractivity contribution in [1.29, 1.82) is 0 Å². The summed E-state index contributed by atoms with van der Waals surface area (Å²) in [5, 5.41) is 3.12. The molecule has 0 aliphatic carbocycles. The second kappa shape index (κ2) is 5.38. The van der Waals surface area contributed by atoms with Crippen molar-refractivity contribution in [2.75, 3.05) is 35.6 Å².